The number of rotatable bonds is 10. The van der Waals surface area contributed by atoms with Crippen LogP contribution < -0.4 is 10.0 Å². The van der Waals surface area contributed by atoms with E-state index in [1.54, 1.807) is 36.4 Å². The minimum atomic E-state index is -3.77. The van der Waals surface area contributed by atoms with Crippen molar-refractivity contribution in [3.63, 3.8) is 0 Å². The first-order valence-electron chi connectivity index (χ1n) is 10.1. The molecule has 0 aliphatic carbocycles. The van der Waals surface area contributed by atoms with Gasteiger partial charge in [0.25, 0.3) is 5.91 Å². The number of nitrogens with one attached hydrogen (secondary N) is 2. The summed E-state index contributed by atoms with van der Waals surface area (Å²) in [5, 5.41) is 11.7. The molecule has 0 unspecified atom stereocenters. The van der Waals surface area contributed by atoms with Gasteiger partial charge in [0.15, 0.2) is 0 Å². The lowest BCUT2D eigenvalue weighted by atomic mass is 10.1. The summed E-state index contributed by atoms with van der Waals surface area (Å²) in [6, 6.07) is 18.6. The van der Waals surface area contributed by atoms with Crippen molar-refractivity contribution in [1.82, 2.24) is 10.0 Å². The number of carbonyl (C=O) groups is 3. The topological polar surface area (TPSA) is 130 Å². The van der Waals surface area contributed by atoms with E-state index in [2.05, 4.69) is 10.0 Å². The van der Waals surface area contributed by atoms with Gasteiger partial charge in [0.05, 0.1) is 17.4 Å². The number of benzene rings is 3. The van der Waals surface area contributed by atoms with E-state index in [0.29, 0.717) is 16.9 Å². The quantitative estimate of drug-likeness (QED) is 0.366. The maximum atomic E-state index is 12.6. The molecule has 0 aromatic heterocycles. The normalized spacial score (nSPS) is 12.0. The summed E-state index contributed by atoms with van der Waals surface area (Å²) < 4.78 is 27.8. The average Bonchev–Trinajstić information content (AvgIpc) is 2.83. The van der Waals surface area contributed by atoms with Crippen molar-refractivity contribution in [3.8, 4) is 11.1 Å². The zero-order valence-electron chi connectivity index (χ0n) is 17.8. The van der Waals surface area contributed by atoms with Crippen molar-refractivity contribution >= 4 is 39.8 Å². The fourth-order valence-electron chi connectivity index (χ4n) is 3.08. The van der Waals surface area contributed by atoms with Crippen LogP contribution in [0.1, 0.15) is 22.3 Å². The largest absolute Gasteiger partial charge is 0.481 e. The van der Waals surface area contributed by atoms with Gasteiger partial charge in [-0.3, -0.25) is 9.59 Å². The molecule has 1 atom stereocenters. The molecule has 34 heavy (non-hydrogen) atoms. The summed E-state index contributed by atoms with van der Waals surface area (Å²) in [5.41, 5.74) is 2.58. The van der Waals surface area contributed by atoms with Crippen molar-refractivity contribution in [2.75, 3.05) is 0 Å². The Kier molecular flexibility index (Phi) is 8.17. The zero-order valence-corrected chi connectivity index (χ0v) is 19.3. The zero-order chi connectivity index (χ0) is 24.7. The van der Waals surface area contributed by atoms with Gasteiger partial charge in [0, 0.05) is 17.1 Å². The van der Waals surface area contributed by atoms with Crippen molar-refractivity contribution in [2.24, 2.45) is 0 Å². The number of hydrogen-bond donors (Lipinski definition) is 3. The molecule has 3 aromatic carbocycles. The molecule has 10 heteroatoms. The van der Waals surface area contributed by atoms with E-state index in [1.807, 2.05) is 12.1 Å². The summed E-state index contributed by atoms with van der Waals surface area (Å²) >= 11 is 5.90. The van der Waals surface area contributed by atoms with E-state index in [-0.39, 0.29) is 17.0 Å². The average molecular weight is 501 g/mol. The number of carboxylic acid groups (broad SMARTS) is 1. The first-order chi connectivity index (χ1) is 16.2. The highest BCUT2D eigenvalue weighted by atomic mass is 35.5. The third kappa shape index (κ3) is 6.74. The monoisotopic (exact) mass is 500 g/mol. The highest BCUT2D eigenvalue weighted by molar-refractivity contribution is 7.89. The van der Waals surface area contributed by atoms with Crippen LogP contribution in [0.4, 0.5) is 0 Å². The Hall–Kier alpha value is -3.53. The fourth-order valence-corrected chi connectivity index (χ4v) is 4.22. The molecule has 1 amide bonds. The number of carbonyl (C=O) groups excluding carboxylic acids is 2. The lowest BCUT2D eigenvalue weighted by Crippen LogP contribution is -2.37. The summed E-state index contributed by atoms with van der Waals surface area (Å²) in [5.74, 6) is -1.81. The van der Waals surface area contributed by atoms with Gasteiger partial charge in [-0.1, -0.05) is 48.0 Å². The molecule has 0 aliphatic rings. The van der Waals surface area contributed by atoms with Gasteiger partial charge < -0.3 is 15.2 Å². The second-order valence-corrected chi connectivity index (χ2v) is 9.57. The van der Waals surface area contributed by atoms with Crippen LogP contribution in [-0.2, 0) is 26.2 Å². The number of aldehydes is 1. The van der Waals surface area contributed by atoms with E-state index < -0.39 is 34.4 Å². The molecule has 0 aliphatic heterocycles. The lowest BCUT2D eigenvalue weighted by molar-refractivity contribution is -0.138. The van der Waals surface area contributed by atoms with E-state index in [1.165, 1.54) is 24.3 Å². The number of carboxylic acids is 1. The third-order valence-electron chi connectivity index (χ3n) is 4.90. The van der Waals surface area contributed by atoms with E-state index in [9.17, 15) is 22.8 Å². The Morgan fingerprint density at radius 3 is 2.00 bits per heavy atom. The SMILES string of the molecule is O=C[C@H](CC(=O)O)NC(=O)c1ccc(CNS(=O)(=O)c2ccc(-c3ccc(Cl)cc3)cc2)cc1. The molecule has 3 rings (SSSR count). The highest BCUT2D eigenvalue weighted by Gasteiger charge is 2.17. The van der Waals surface area contributed by atoms with Crippen molar-refractivity contribution in [2.45, 2.75) is 23.9 Å². The van der Waals surface area contributed by atoms with Crippen LogP contribution in [0.2, 0.25) is 5.02 Å². The first-order valence-corrected chi connectivity index (χ1v) is 12.0. The summed E-state index contributed by atoms with van der Waals surface area (Å²) in [4.78, 5) is 33.9. The molecule has 0 saturated carbocycles. The van der Waals surface area contributed by atoms with Crippen LogP contribution in [0.5, 0.6) is 0 Å². The molecule has 3 N–H and O–H groups in total. The molecule has 3 aromatic rings. The van der Waals surface area contributed by atoms with Gasteiger partial charge in [-0.05, 0) is 53.1 Å². The van der Waals surface area contributed by atoms with Gasteiger partial charge in [-0.2, -0.15) is 0 Å². The predicted molar refractivity (Wildman–Crippen MR) is 127 cm³/mol. The number of aliphatic carboxylic acids is 1. The molecule has 8 nitrogen and oxygen atoms in total. The number of hydrogen-bond acceptors (Lipinski definition) is 5. The summed E-state index contributed by atoms with van der Waals surface area (Å²) in [6.07, 6.45) is -0.160. The minimum Gasteiger partial charge on any atom is -0.481 e. The third-order valence-corrected chi connectivity index (χ3v) is 6.57. The Balaban J connectivity index is 1.61. The van der Waals surface area contributed by atoms with Gasteiger partial charge in [0.1, 0.15) is 6.29 Å². The van der Waals surface area contributed by atoms with Crippen LogP contribution >= 0.6 is 11.6 Å². The Bertz CT molecular complexity index is 1270. The second-order valence-electron chi connectivity index (χ2n) is 7.37. The van der Waals surface area contributed by atoms with E-state index >= 15 is 0 Å². The number of halogens is 1. The second kappa shape index (κ2) is 11.1. The van der Waals surface area contributed by atoms with Crippen LogP contribution in [0.25, 0.3) is 11.1 Å². The standard InChI is InChI=1S/C24H21ClN2O6S/c25-20-9-5-17(6-10-20)18-7-11-22(12-8-18)34(32,33)26-14-16-1-3-19(4-2-16)24(31)27-21(15-28)13-23(29)30/h1-12,15,21,26H,13-14H2,(H,27,31)(H,29,30)/t21-/m0/s1. The molecule has 176 valence electrons. The molecule has 0 bridgehead atoms. The van der Waals surface area contributed by atoms with Crippen molar-refractivity contribution in [3.05, 3.63) is 88.9 Å². The van der Waals surface area contributed by atoms with Gasteiger partial charge >= 0.3 is 5.97 Å². The highest BCUT2D eigenvalue weighted by Crippen LogP contribution is 2.23. The lowest BCUT2D eigenvalue weighted by Gasteiger charge is -2.11. The Morgan fingerprint density at radius 1 is 0.912 bits per heavy atom. The maximum Gasteiger partial charge on any atom is 0.305 e. The molecule has 0 saturated heterocycles. The summed E-state index contributed by atoms with van der Waals surface area (Å²) in [6.45, 7) is -0.000848. The molecular weight excluding hydrogens is 480 g/mol. The van der Waals surface area contributed by atoms with Gasteiger partial charge in [0.2, 0.25) is 10.0 Å². The van der Waals surface area contributed by atoms with Gasteiger partial charge in [-0.15, -0.1) is 0 Å². The van der Waals surface area contributed by atoms with E-state index in [0.717, 1.165) is 11.1 Å². The molecule has 0 radical (unpaired) electrons. The van der Waals surface area contributed by atoms with Crippen LogP contribution in [0, 0.1) is 0 Å². The van der Waals surface area contributed by atoms with Gasteiger partial charge in [-0.25, -0.2) is 13.1 Å². The van der Waals surface area contributed by atoms with Crippen LogP contribution in [-0.4, -0.2) is 37.7 Å². The summed E-state index contributed by atoms with van der Waals surface area (Å²) in [7, 11) is -3.77. The van der Waals surface area contributed by atoms with Crippen LogP contribution in [0.3, 0.4) is 0 Å². The molecular formula is C24H21ClN2O6S. The Morgan fingerprint density at radius 2 is 1.47 bits per heavy atom. The first kappa shape index (κ1) is 25.1. The predicted octanol–water partition coefficient (Wildman–Crippen LogP) is 3.26. The fraction of sp³-hybridized carbons (Fsp3) is 0.125. The molecule has 0 spiro atoms. The maximum absolute atomic E-state index is 12.6. The molecule has 0 fully saturated rings. The van der Waals surface area contributed by atoms with Crippen molar-refractivity contribution in [1.29, 1.82) is 0 Å². The van der Waals surface area contributed by atoms with Crippen LogP contribution in [0.15, 0.2) is 77.7 Å². The minimum absolute atomic E-state index is 0.000848. The molecule has 0 heterocycles. The van der Waals surface area contributed by atoms with Crippen molar-refractivity contribution < 1.29 is 27.9 Å². The number of amides is 1. The van der Waals surface area contributed by atoms with E-state index in [4.69, 9.17) is 16.7 Å². The number of sulfonamides is 1. The smallest absolute Gasteiger partial charge is 0.305 e. The Labute approximate surface area is 201 Å².